The number of hydrogen-bond acceptors (Lipinski definition) is 2. The first-order chi connectivity index (χ1) is 7.43. The first kappa shape index (κ1) is 14.5. The van der Waals surface area contributed by atoms with Crippen molar-refractivity contribution < 1.29 is 14.7 Å². The van der Waals surface area contributed by atoms with Crippen LogP contribution in [0.15, 0.2) is 12.7 Å². The van der Waals surface area contributed by atoms with E-state index in [2.05, 4.69) is 11.9 Å². The van der Waals surface area contributed by atoms with E-state index in [0.29, 0.717) is 13.1 Å². The summed E-state index contributed by atoms with van der Waals surface area (Å²) < 4.78 is 0. The van der Waals surface area contributed by atoms with Crippen molar-refractivity contribution in [2.24, 2.45) is 5.92 Å². The Hall–Kier alpha value is -1.52. The zero-order valence-electron chi connectivity index (χ0n) is 10.1. The lowest BCUT2D eigenvalue weighted by atomic mass is 10.0. The van der Waals surface area contributed by atoms with Gasteiger partial charge in [-0.1, -0.05) is 6.08 Å². The zero-order valence-corrected chi connectivity index (χ0v) is 10.1. The molecule has 0 saturated carbocycles. The molecule has 5 heteroatoms. The Morgan fingerprint density at radius 2 is 2.06 bits per heavy atom. The fraction of sp³-hybridized carbons (Fsp3) is 0.636. The van der Waals surface area contributed by atoms with E-state index in [1.807, 2.05) is 6.92 Å². The van der Waals surface area contributed by atoms with Crippen LogP contribution in [0.4, 0.5) is 4.79 Å². The fourth-order valence-corrected chi connectivity index (χ4v) is 1.14. The first-order valence-electron chi connectivity index (χ1n) is 5.33. The SMILES string of the molecule is C=CCN(CC)C(=O)NC(C)C(C)C(=O)O. The number of carboxylic acids is 1. The highest BCUT2D eigenvalue weighted by molar-refractivity contribution is 5.76. The molecular formula is C11H20N2O3. The average Bonchev–Trinajstić information content (AvgIpc) is 2.24. The van der Waals surface area contributed by atoms with Crippen LogP contribution in [0.25, 0.3) is 0 Å². The molecule has 0 saturated heterocycles. The number of aliphatic carboxylic acids is 1. The van der Waals surface area contributed by atoms with Gasteiger partial charge in [0.25, 0.3) is 0 Å². The lowest BCUT2D eigenvalue weighted by molar-refractivity contribution is -0.141. The average molecular weight is 228 g/mol. The van der Waals surface area contributed by atoms with Gasteiger partial charge in [-0.3, -0.25) is 4.79 Å². The molecule has 0 bridgehead atoms. The molecule has 0 heterocycles. The molecule has 2 unspecified atom stereocenters. The van der Waals surface area contributed by atoms with Crippen molar-refractivity contribution in [2.75, 3.05) is 13.1 Å². The smallest absolute Gasteiger partial charge is 0.317 e. The molecule has 0 fully saturated rings. The number of urea groups is 1. The molecular weight excluding hydrogens is 208 g/mol. The maximum Gasteiger partial charge on any atom is 0.317 e. The maximum absolute atomic E-state index is 11.7. The van der Waals surface area contributed by atoms with Crippen LogP contribution in [0.3, 0.4) is 0 Å². The van der Waals surface area contributed by atoms with Gasteiger partial charge in [-0.2, -0.15) is 0 Å². The van der Waals surface area contributed by atoms with Crippen molar-refractivity contribution in [3.8, 4) is 0 Å². The van der Waals surface area contributed by atoms with Gasteiger partial charge in [-0.15, -0.1) is 6.58 Å². The van der Waals surface area contributed by atoms with Gasteiger partial charge in [-0.25, -0.2) is 4.79 Å². The Labute approximate surface area is 96.1 Å². The summed E-state index contributed by atoms with van der Waals surface area (Å²) in [5.74, 6) is -1.52. The third kappa shape index (κ3) is 4.33. The van der Waals surface area contributed by atoms with E-state index >= 15 is 0 Å². The summed E-state index contributed by atoms with van der Waals surface area (Å²) in [6.07, 6.45) is 1.63. The molecule has 0 aromatic carbocycles. The number of amides is 2. The van der Waals surface area contributed by atoms with Crippen LogP contribution in [-0.2, 0) is 4.79 Å². The summed E-state index contributed by atoms with van der Waals surface area (Å²) in [4.78, 5) is 23.9. The number of carbonyl (C=O) groups excluding carboxylic acids is 1. The summed E-state index contributed by atoms with van der Waals surface area (Å²) in [6.45, 7) is 9.68. The highest BCUT2D eigenvalue weighted by Gasteiger charge is 2.22. The maximum atomic E-state index is 11.7. The fourth-order valence-electron chi connectivity index (χ4n) is 1.14. The second kappa shape index (κ2) is 6.87. The molecule has 0 spiro atoms. The highest BCUT2D eigenvalue weighted by atomic mass is 16.4. The van der Waals surface area contributed by atoms with Gasteiger partial charge in [0.15, 0.2) is 0 Å². The molecule has 5 nitrogen and oxygen atoms in total. The number of rotatable bonds is 6. The van der Waals surface area contributed by atoms with E-state index in [9.17, 15) is 9.59 Å². The number of hydrogen-bond donors (Lipinski definition) is 2. The van der Waals surface area contributed by atoms with E-state index in [-0.39, 0.29) is 6.03 Å². The molecule has 2 atom stereocenters. The first-order valence-corrected chi connectivity index (χ1v) is 5.33. The third-order valence-electron chi connectivity index (χ3n) is 2.51. The quantitative estimate of drug-likeness (QED) is 0.673. The Morgan fingerprint density at radius 3 is 2.44 bits per heavy atom. The number of likely N-dealkylation sites (N-methyl/N-ethyl adjacent to an activating group) is 1. The monoisotopic (exact) mass is 228 g/mol. The summed E-state index contributed by atoms with van der Waals surface area (Å²) in [5, 5.41) is 11.4. The number of carbonyl (C=O) groups is 2. The minimum absolute atomic E-state index is 0.261. The van der Waals surface area contributed by atoms with E-state index in [4.69, 9.17) is 5.11 Å². The Kier molecular flexibility index (Phi) is 6.22. The standard InChI is InChI=1S/C11H20N2O3/c1-5-7-13(6-2)11(16)12-9(4)8(3)10(14)15/h5,8-9H,1,6-7H2,2-4H3,(H,12,16)(H,14,15). The molecule has 0 aliphatic heterocycles. The molecule has 0 aromatic heterocycles. The van der Waals surface area contributed by atoms with Gasteiger partial charge >= 0.3 is 12.0 Å². The van der Waals surface area contributed by atoms with Crippen LogP contribution < -0.4 is 5.32 Å². The minimum Gasteiger partial charge on any atom is -0.481 e. The van der Waals surface area contributed by atoms with Crippen molar-refractivity contribution in [3.05, 3.63) is 12.7 Å². The van der Waals surface area contributed by atoms with Crippen molar-refractivity contribution in [1.82, 2.24) is 10.2 Å². The number of nitrogens with one attached hydrogen (secondary N) is 1. The van der Waals surface area contributed by atoms with Gasteiger partial charge in [0.2, 0.25) is 0 Å². The van der Waals surface area contributed by atoms with E-state index in [1.54, 1.807) is 24.8 Å². The Morgan fingerprint density at radius 1 is 1.50 bits per heavy atom. The molecule has 2 N–H and O–H groups in total. The van der Waals surface area contributed by atoms with Crippen molar-refractivity contribution in [3.63, 3.8) is 0 Å². The van der Waals surface area contributed by atoms with Crippen molar-refractivity contribution in [1.29, 1.82) is 0 Å². The van der Waals surface area contributed by atoms with Gasteiger partial charge < -0.3 is 15.3 Å². The van der Waals surface area contributed by atoms with E-state index < -0.39 is 17.9 Å². The predicted octanol–water partition coefficient (Wildman–Crippen LogP) is 1.31. The van der Waals surface area contributed by atoms with Crippen molar-refractivity contribution in [2.45, 2.75) is 26.8 Å². The summed E-state index contributed by atoms with van der Waals surface area (Å²) in [6, 6.07) is -0.660. The summed E-state index contributed by atoms with van der Waals surface area (Å²) >= 11 is 0. The highest BCUT2D eigenvalue weighted by Crippen LogP contribution is 2.03. The van der Waals surface area contributed by atoms with Gasteiger partial charge in [-0.05, 0) is 20.8 Å². The van der Waals surface area contributed by atoms with Crippen LogP contribution in [0.2, 0.25) is 0 Å². The molecule has 92 valence electrons. The second-order valence-electron chi connectivity index (χ2n) is 3.69. The molecule has 0 radical (unpaired) electrons. The topological polar surface area (TPSA) is 69.6 Å². The zero-order chi connectivity index (χ0) is 12.7. The van der Waals surface area contributed by atoms with E-state index in [0.717, 1.165) is 0 Å². The largest absolute Gasteiger partial charge is 0.481 e. The van der Waals surface area contributed by atoms with Gasteiger partial charge in [0, 0.05) is 19.1 Å². The Balaban J connectivity index is 4.31. The van der Waals surface area contributed by atoms with Crippen LogP contribution >= 0.6 is 0 Å². The Bertz CT molecular complexity index is 266. The summed E-state index contributed by atoms with van der Waals surface area (Å²) in [5.41, 5.74) is 0. The predicted molar refractivity (Wildman–Crippen MR) is 62.2 cm³/mol. The molecule has 0 aliphatic rings. The van der Waals surface area contributed by atoms with Gasteiger partial charge in [0.05, 0.1) is 5.92 Å². The van der Waals surface area contributed by atoms with Crippen LogP contribution in [0.1, 0.15) is 20.8 Å². The van der Waals surface area contributed by atoms with Crippen LogP contribution in [0.5, 0.6) is 0 Å². The summed E-state index contributed by atoms with van der Waals surface area (Å²) in [7, 11) is 0. The lowest BCUT2D eigenvalue weighted by Gasteiger charge is -2.24. The third-order valence-corrected chi connectivity index (χ3v) is 2.51. The molecule has 0 rings (SSSR count). The van der Waals surface area contributed by atoms with Crippen LogP contribution in [0, 0.1) is 5.92 Å². The second-order valence-corrected chi connectivity index (χ2v) is 3.69. The van der Waals surface area contributed by atoms with E-state index in [1.165, 1.54) is 0 Å². The molecule has 0 aromatic rings. The molecule has 16 heavy (non-hydrogen) atoms. The molecule has 0 aliphatic carbocycles. The van der Waals surface area contributed by atoms with Crippen LogP contribution in [-0.4, -0.2) is 41.1 Å². The van der Waals surface area contributed by atoms with Gasteiger partial charge in [0.1, 0.15) is 0 Å². The minimum atomic E-state index is -0.917. The lowest BCUT2D eigenvalue weighted by Crippen LogP contribution is -2.47. The molecule has 2 amide bonds. The number of nitrogens with zero attached hydrogens (tertiary/aromatic N) is 1. The number of carboxylic acid groups (broad SMARTS) is 1. The normalized spacial score (nSPS) is 13.7. The van der Waals surface area contributed by atoms with Crippen molar-refractivity contribution >= 4 is 12.0 Å².